The average molecular weight is 391 g/mol. The molecule has 0 fully saturated rings. The van der Waals surface area contributed by atoms with Gasteiger partial charge in [0.25, 0.3) is 5.91 Å². The molecule has 1 aliphatic heterocycles. The van der Waals surface area contributed by atoms with Crippen molar-refractivity contribution in [3.8, 4) is 5.75 Å². The number of amides is 2. The SMILES string of the molecule is Cc1c([C@@H](C)N(C)C(=O)/C=C/c2cnc3c(c2)OCC(=O)N3)oc2ccccc12. The van der Waals surface area contributed by atoms with Crippen LogP contribution in [-0.4, -0.2) is 35.4 Å². The van der Waals surface area contributed by atoms with Crippen LogP contribution >= 0.6 is 0 Å². The van der Waals surface area contributed by atoms with E-state index in [9.17, 15) is 9.59 Å². The standard InChI is InChI=1S/C22H21N3O4/c1-13-16-6-4-5-7-17(16)29-21(13)14(2)25(3)20(27)9-8-15-10-18-22(23-11-15)24-19(26)12-28-18/h4-11,14H,12H2,1-3H3,(H,23,24,26)/b9-8+/t14-/m1/s1. The Morgan fingerprint density at radius 1 is 1.34 bits per heavy atom. The number of para-hydroxylation sites is 1. The van der Waals surface area contributed by atoms with E-state index in [-0.39, 0.29) is 24.5 Å². The number of aryl methyl sites for hydroxylation is 1. The topological polar surface area (TPSA) is 84.7 Å². The lowest BCUT2D eigenvalue weighted by Gasteiger charge is -2.22. The fraction of sp³-hybridized carbons (Fsp3) is 0.227. The first-order chi connectivity index (χ1) is 13.9. The van der Waals surface area contributed by atoms with Gasteiger partial charge in [-0.05, 0) is 37.6 Å². The van der Waals surface area contributed by atoms with Crippen LogP contribution in [0.5, 0.6) is 5.75 Å². The minimum Gasteiger partial charge on any atom is -0.480 e. The number of likely N-dealkylation sites (N-methyl/N-ethyl adjacent to an activating group) is 1. The van der Waals surface area contributed by atoms with Crippen LogP contribution in [0.4, 0.5) is 5.82 Å². The molecule has 3 heterocycles. The maximum absolute atomic E-state index is 12.7. The number of pyridine rings is 1. The number of nitrogens with one attached hydrogen (secondary N) is 1. The molecule has 0 radical (unpaired) electrons. The van der Waals surface area contributed by atoms with Crippen LogP contribution in [0.1, 0.15) is 29.9 Å². The van der Waals surface area contributed by atoms with Gasteiger partial charge in [0, 0.05) is 30.3 Å². The molecule has 7 heteroatoms. The number of furan rings is 1. The summed E-state index contributed by atoms with van der Waals surface area (Å²) in [6.07, 6.45) is 4.73. The van der Waals surface area contributed by atoms with Gasteiger partial charge >= 0.3 is 0 Å². The maximum Gasteiger partial charge on any atom is 0.263 e. The number of benzene rings is 1. The normalized spacial score (nSPS) is 14.4. The van der Waals surface area contributed by atoms with Crippen LogP contribution in [0.25, 0.3) is 17.0 Å². The van der Waals surface area contributed by atoms with E-state index in [4.69, 9.17) is 9.15 Å². The molecule has 3 aromatic rings. The number of aromatic nitrogens is 1. The molecule has 0 bridgehead atoms. The van der Waals surface area contributed by atoms with Crippen LogP contribution in [0.3, 0.4) is 0 Å². The van der Waals surface area contributed by atoms with Crippen molar-refractivity contribution in [2.45, 2.75) is 19.9 Å². The third-order valence-electron chi connectivity index (χ3n) is 5.10. The highest BCUT2D eigenvalue weighted by Gasteiger charge is 2.22. The van der Waals surface area contributed by atoms with Gasteiger partial charge in [-0.2, -0.15) is 0 Å². The molecule has 0 saturated carbocycles. The fourth-order valence-corrected chi connectivity index (χ4v) is 3.31. The predicted octanol–water partition coefficient (Wildman–Crippen LogP) is 3.70. The largest absolute Gasteiger partial charge is 0.480 e. The van der Waals surface area contributed by atoms with Crippen molar-refractivity contribution >= 4 is 34.7 Å². The Labute approximate surface area is 168 Å². The van der Waals surface area contributed by atoms with Gasteiger partial charge in [0.2, 0.25) is 5.91 Å². The summed E-state index contributed by atoms with van der Waals surface area (Å²) in [7, 11) is 1.74. The third kappa shape index (κ3) is 3.59. The molecule has 1 aromatic carbocycles. The van der Waals surface area contributed by atoms with Crippen molar-refractivity contribution in [1.82, 2.24) is 9.88 Å². The summed E-state index contributed by atoms with van der Waals surface area (Å²) in [6.45, 7) is 3.90. The Hall–Kier alpha value is -3.61. The Kier molecular flexibility index (Phi) is 4.80. The Morgan fingerprint density at radius 2 is 2.14 bits per heavy atom. The number of ether oxygens (including phenoxy) is 1. The molecule has 0 spiro atoms. The molecule has 4 rings (SSSR count). The van der Waals surface area contributed by atoms with Gasteiger partial charge in [0.15, 0.2) is 18.2 Å². The number of carbonyl (C=O) groups excluding carboxylic acids is 2. The highest BCUT2D eigenvalue weighted by molar-refractivity contribution is 5.95. The van der Waals surface area contributed by atoms with Crippen molar-refractivity contribution in [1.29, 1.82) is 0 Å². The molecule has 0 saturated heterocycles. The summed E-state index contributed by atoms with van der Waals surface area (Å²) in [5.74, 6) is 1.24. The lowest BCUT2D eigenvalue weighted by molar-refractivity contribution is -0.126. The van der Waals surface area contributed by atoms with Crippen molar-refractivity contribution in [3.05, 3.63) is 59.5 Å². The van der Waals surface area contributed by atoms with Crippen LogP contribution in [0.2, 0.25) is 0 Å². The second kappa shape index (κ2) is 7.43. The molecular formula is C22H21N3O4. The van der Waals surface area contributed by atoms with Gasteiger partial charge in [-0.1, -0.05) is 18.2 Å². The minimum absolute atomic E-state index is 0.0438. The number of fused-ring (bicyclic) bond motifs is 2. The van der Waals surface area contributed by atoms with Crippen LogP contribution in [0, 0.1) is 6.92 Å². The lowest BCUT2D eigenvalue weighted by Crippen LogP contribution is -2.28. The highest BCUT2D eigenvalue weighted by Crippen LogP contribution is 2.32. The zero-order valence-corrected chi connectivity index (χ0v) is 16.4. The van der Waals surface area contributed by atoms with Gasteiger partial charge < -0.3 is 19.4 Å². The fourth-order valence-electron chi connectivity index (χ4n) is 3.31. The molecule has 2 amide bonds. The maximum atomic E-state index is 12.7. The molecule has 0 unspecified atom stereocenters. The molecule has 1 N–H and O–H groups in total. The summed E-state index contributed by atoms with van der Waals surface area (Å²) < 4.78 is 11.3. The van der Waals surface area contributed by atoms with E-state index >= 15 is 0 Å². The molecule has 7 nitrogen and oxygen atoms in total. The van der Waals surface area contributed by atoms with Gasteiger partial charge in [-0.15, -0.1) is 0 Å². The van der Waals surface area contributed by atoms with Crippen LogP contribution in [-0.2, 0) is 9.59 Å². The molecule has 0 aliphatic carbocycles. The van der Waals surface area contributed by atoms with E-state index < -0.39 is 0 Å². The molecule has 2 aromatic heterocycles. The summed E-state index contributed by atoms with van der Waals surface area (Å²) in [4.78, 5) is 29.8. The number of hydrogen-bond acceptors (Lipinski definition) is 5. The number of nitrogens with zero attached hydrogens (tertiary/aromatic N) is 2. The highest BCUT2D eigenvalue weighted by atomic mass is 16.5. The van der Waals surface area contributed by atoms with E-state index in [1.54, 1.807) is 30.3 Å². The summed E-state index contributed by atoms with van der Waals surface area (Å²) in [5.41, 5.74) is 2.56. The van der Waals surface area contributed by atoms with Crippen LogP contribution < -0.4 is 10.1 Å². The lowest BCUT2D eigenvalue weighted by atomic mass is 10.1. The van der Waals surface area contributed by atoms with Crippen molar-refractivity contribution in [3.63, 3.8) is 0 Å². The van der Waals surface area contributed by atoms with E-state index in [1.807, 2.05) is 38.1 Å². The molecule has 1 atom stereocenters. The number of rotatable bonds is 4. The summed E-state index contributed by atoms with van der Waals surface area (Å²) in [5, 5.41) is 3.69. The zero-order chi connectivity index (χ0) is 20.5. The van der Waals surface area contributed by atoms with E-state index in [2.05, 4.69) is 10.3 Å². The van der Waals surface area contributed by atoms with Gasteiger partial charge in [-0.25, -0.2) is 4.98 Å². The van der Waals surface area contributed by atoms with Crippen molar-refractivity contribution < 1.29 is 18.7 Å². The quantitative estimate of drug-likeness (QED) is 0.686. The smallest absolute Gasteiger partial charge is 0.263 e. The third-order valence-corrected chi connectivity index (χ3v) is 5.10. The monoisotopic (exact) mass is 391 g/mol. The summed E-state index contributed by atoms with van der Waals surface area (Å²) in [6, 6.07) is 9.35. The minimum atomic E-state index is -0.236. The molecule has 29 heavy (non-hydrogen) atoms. The Morgan fingerprint density at radius 3 is 2.93 bits per heavy atom. The van der Waals surface area contributed by atoms with E-state index in [0.29, 0.717) is 17.1 Å². The Balaban J connectivity index is 1.50. The number of hydrogen-bond donors (Lipinski definition) is 1. The van der Waals surface area contributed by atoms with Crippen molar-refractivity contribution in [2.75, 3.05) is 19.0 Å². The second-order valence-electron chi connectivity index (χ2n) is 7.00. The second-order valence-corrected chi connectivity index (χ2v) is 7.00. The van der Waals surface area contributed by atoms with Gasteiger partial charge in [-0.3, -0.25) is 9.59 Å². The summed E-state index contributed by atoms with van der Waals surface area (Å²) >= 11 is 0. The molecular weight excluding hydrogens is 370 g/mol. The van der Waals surface area contributed by atoms with E-state index in [0.717, 1.165) is 22.3 Å². The molecule has 1 aliphatic rings. The van der Waals surface area contributed by atoms with E-state index in [1.165, 1.54) is 6.08 Å². The van der Waals surface area contributed by atoms with Gasteiger partial charge in [0.05, 0.1) is 6.04 Å². The van der Waals surface area contributed by atoms with Crippen molar-refractivity contribution in [2.24, 2.45) is 0 Å². The predicted molar refractivity (Wildman–Crippen MR) is 110 cm³/mol. The number of anilines is 1. The number of carbonyl (C=O) groups is 2. The first-order valence-electron chi connectivity index (χ1n) is 9.29. The molecule has 148 valence electrons. The van der Waals surface area contributed by atoms with Gasteiger partial charge in [0.1, 0.15) is 11.3 Å². The zero-order valence-electron chi connectivity index (χ0n) is 16.4. The van der Waals surface area contributed by atoms with Crippen LogP contribution in [0.15, 0.2) is 47.0 Å². The first-order valence-corrected chi connectivity index (χ1v) is 9.29. The first kappa shape index (κ1) is 18.7. The Bertz CT molecular complexity index is 1130. The average Bonchev–Trinajstić information content (AvgIpc) is 3.07.